The van der Waals surface area contributed by atoms with Gasteiger partial charge in [-0.25, -0.2) is 9.59 Å². The minimum atomic E-state index is -1.17. The van der Waals surface area contributed by atoms with E-state index < -0.39 is 29.7 Å². The van der Waals surface area contributed by atoms with Crippen LogP contribution in [0.3, 0.4) is 0 Å². The molecule has 0 unspecified atom stereocenters. The van der Waals surface area contributed by atoms with Crippen molar-refractivity contribution in [2.24, 2.45) is 0 Å². The summed E-state index contributed by atoms with van der Waals surface area (Å²) in [5.41, 5.74) is 17.1. The van der Waals surface area contributed by atoms with E-state index in [-0.39, 0.29) is 43.7 Å². The second kappa shape index (κ2) is 23.7. The molecular weight excluding hydrogens is 624 g/mol. The Morgan fingerprint density at radius 2 is 1.00 bits per heavy atom. The number of hydrogen-bond donors (Lipinski definition) is 9. The molecule has 0 aliphatic rings. The van der Waals surface area contributed by atoms with E-state index in [0.29, 0.717) is 0 Å². The van der Waals surface area contributed by atoms with Crippen LogP contribution >= 0.6 is 0 Å². The number of rotatable bonds is 14. The highest BCUT2D eigenvalue weighted by molar-refractivity contribution is 5.97. The summed E-state index contributed by atoms with van der Waals surface area (Å²) in [5, 5.41) is 25.4. The molecule has 0 radical (unpaired) electrons. The van der Waals surface area contributed by atoms with Gasteiger partial charge in [0.25, 0.3) is 5.91 Å². The quantitative estimate of drug-likeness (QED) is 0.0880. The standard InChI is InChI=1S/2C11H12N2O3.C10H12N2O3.CH4/c2*1-8(11(15)16)7-10(14)13-12-9-5-3-2-4-6-9;13-9(6-7-10(14)15)12-11-8-4-2-1-3-5-8;/h2-7,12H,1H3,(H,13,14)(H,15,16);2-6,12H,1,7H2,(H,13,14)(H,15,16);1-5,11H,6-7H2,(H,12,13)(H,14,15);1H4/b8-7-;;;. The van der Waals surface area contributed by atoms with Gasteiger partial charge >= 0.3 is 17.9 Å². The van der Waals surface area contributed by atoms with Crippen molar-refractivity contribution >= 4 is 52.7 Å². The number of anilines is 3. The average Bonchev–Trinajstić information content (AvgIpc) is 3.06. The fourth-order valence-electron chi connectivity index (χ4n) is 2.87. The van der Waals surface area contributed by atoms with E-state index in [9.17, 15) is 28.8 Å². The molecule has 15 heteroatoms. The third-order valence-corrected chi connectivity index (χ3v) is 5.27. The maximum atomic E-state index is 11.2. The van der Waals surface area contributed by atoms with Crippen LogP contribution in [0.2, 0.25) is 0 Å². The molecule has 9 N–H and O–H groups in total. The highest BCUT2D eigenvalue weighted by Gasteiger charge is 2.09. The Bertz CT molecular complexity index is 1520. The number of carbonyl (C=O) groups excluding carboxylic acids is 3. The molecule has 256 valence electrons. The molecule has 48 heavy (non-hydrogen) atoms. The van der Waals surface area contributed by atoms with E-state index in [1.165, 1.54) is 6.92 Å². The van der Waals surface area contributed by atoms with E-state index in [0.717, 1.165) is 23.1 Å². The van der Waals surface area contributed by atoms with Crippen LogP contribution in [0.4, 0.5) is 17.1 Å². The maximum Gasteiger partial charge on any atom is 0.331 e. The van der Waals surface area contributed by atoms with Crippen molar-refractivity contribution in [1.82, 2.24) is 16.3 Å². The van der Waals surface area contributed by atoms with Gasteiger partial charge in [-0.2, -0.15) is 0 Å². The first-order valence-electron chi connectivity index (χ1n) is 13.7. The maximum absolute atomic E-state index is 11.2. The van der Waals surface area contributed by atoms with Gasteiger partial charge in [0, 0.05) is 23.6 Å². The van der Waals surface area contributed by atoms with E-state index in [4.69, 9.17) is 15.3 Å². The molecule has 15 nitrogen and oxygen atoms in total. The zero-order valence-electron chi connectivity index (χ0n) is 25.4. The van der Waals surface area contributed by atoms with Crippen LogP contribution < -0.4 is 32.6 Å². The summed E-state index contributed by atoms with van der Waals surface area (Å²) in [6.07, 6.45) is 0.574. The van der Waals surface area contributed by atoms with Gasteiger partial charge < -0.3 is 15.3 Å². The fourth-order valence-corrected chi connectivity index (χ4v) is 2.87. The highest BCUT2D eigenvalue weighted by Crippen LogP contribution is 2.05. The van der Waals surface area contributed by atoms with Gasteiger partial charge in [-0.15, -0.1) is 0 Å². The molecule has 3 aromatic rings. The largest absolute Gasteiger partial charge is 0.481 e. The van der Waals surface area contributed by atoms with E-state index in [2.05, 4.69) is 39.1 Å². The minimum Gasteiger partial charge on any atom is -0.481 e. The SMILES string of the molecule is C.C/C(=C/C(=O)NNc1ccccc1)C(=O)O.C=C(CC(=O)NNc1ccccc1)C(=O)O.O=C(O)CCC(=O)NNc1ccccc1. The van der Waals surface area contributed by atoms with Crippen LogP contribution in [0.1, 0.15) is 33.6 Å². The van der Waals surface area contributed by atoms with Crippen molar-refractivity contribution in [2.75, 3.05) is 16.3 Å². The van der Waals surface area contributed by atoms with Crippen molar-refractivity contribution in [3.63, 3.8) is 0 Å². The van der Waals surface area contributed by atoms with E-state index in [1.54, 1.807) is 36.4 Å². The predicted molar refractivity (Wildman–Crippen MR) is 181 cm³/mol. The Morgan fingerprint density at radius 3 is 1.38 bits per heavy atom. The average molecular weight is 665 g/mol. The summed E-state index contributed by atoms with van der Waals surface area (Å²) in [6.45, 7) is 4.61. The van der Waals surface area contributed by atoms with Crippen LogP contribution in [-0.4, -0.2) is 50.9 Å². The van der Waals surface area contributed by atoms with Crippen molar-refractivity contribution in [3.05, 3.63) is 115 Å². The summed E-state index contributed by atoms with van der Waals surface area (Å²) in [7, 11) is 0. The Kier molecular flexibility index (Phi) is 20.4. The molecule has 0 bridgehead atoms. The second-order valence-corrected chi connectivity index (χ2v) is 9.17. The molecule has 0 aromatic heterocycles. The number of nitrogens with one attached hydrogen (secondary N) is 6. The molecule has 0 aliphatic heterocycles. The highest BCUT2D eigenvalue weighted by atomic mass is 16.4. The van der Waals surface area contributed by atoms with Gasteiger partial charge in [-0.05, 0) is 43.3 Å². The third kappa shape index (κ3) is 20.3. The van der Waals surface area contributed by atoms with Crippen LogP contribution in [0.5, 0.6) is 0 Å². The van der Waals surface area contributed by atoms with Gasteiger partial charge in [-0.1, -0.05) is 68.6 Å². The third-order valence-electron chi connectivity index (χ3n) is 5.27. The lowest BCUT2D eigenvalue weighted by Crippen LogP contribution is -2.30. The van der Waals surface area contributed by atoms with E-state index >= 15 is 0 Å². The summed E-state index contributed by atoms with van der Waals surface area (Å²) in [5.74, 6) is -4.57. The lowest BCUT2D eigenvalue weighted by Gasteiger charge is -2.07. The molecule has 3 amide bonds. The predicted octanol–water partition coefficient (Wildman–Crippen LogP) is 3.95. The number of hydrogen-bond acceptors (Lipinski definition) is 9. The molecule has 3 rings (SSSR count). The molecule has 0 fully saturated rings. The number of carboxylic acids is 3. The summed E-state index contributed by atoms with van der Waals surface area (Å²) < 4.78 is 0. The summed E-state index contributed by atoms with van der Waals surface area (Å²) in [6, 6.07) is 27.1. The number of carbonyl (C=O) groups is 6. The van der Waals surface area contributed by atoms with Crippen molar-refractivity contribution < 1.29 is 44.1 Å². The monoisotopic (exact) mass is 664 g/mol. The zero-order valence-corrected chi connectivity index (χ0v) is 25.4. The molecule has 0 heterocycles. The van der Waals surface area contributed by atoms with Crippen molar-refractivity contribution in [2.45, 2.75) is 33.6 Å². The van der Waals surface area contributed by atoms with Gasteiger partial charge in [0.1, 0.15) is 0 Å². The number of amides is 3. The number of carboxylic acid groups (broad SMARTS) is 3. The fraction of sp³-hybridized carbons (Fsp3) is 0.152. The Morgan fingerprint density at radius 1 is 0.604 bits per heavy atom. The van der Waals surface area contributed by atoms with Crippen LogP contribution in [-0.2, 0) is 28.8 Å². The molecule has 0 saturated heterocycles. The van der Waals surface area contributed by atoms with Crippen molar-refractivity contribution in [3.8, 4) is 0 Å². The smallest absolute Gasteiger partial charge is 0.331 e. The lowest BCUT2D eigenvalue weighted by atomic mass is 10.2. The topological polar surface area (TPSA) is 235 Å². The Balaban J connectivity index is 0.000000684. The molecule has 0 saturated carbocycles. The van der Waals surface area contributed by atoms with Crippen LogP contribution in [0.25, 0.3) is 0 Å². The minimum absolute atomic E-state index is 0. The van der Waals surface area contributed by atoms with Crippen LogP contribution in [0, 0.1) is 0 Å². The Labute approximate surface area is 277 Å². The number of hydrazine groups is 3. The molecule has 0 atom stereocenters. The molecular formula is C33H40N6O9. The van der Waals surface area contributed by atoms with Crippen LogP contribution in [0.15, 0.2) is 115 Å². The first-order valence-corrected chi connectivity index (χ1v) is 13.7. The van der Waals surface area contributed by atoms with E-state index in [1.807, 2.05) is 54.6 Å². The van der Waals surface area contributed by atoms with Crippen molar-refractivity contribution in [1.29, 1.82) is 0 Å². The number of benzene rings is 3. The zero-order chi connectivity index (χ0) is 35.0. The first kappa shape index (κ1) is 41.4. The Hall–Kier alpha value is -6.64. The molecule has 3 aromatic carbocycles. The molecule has 0 spiro atoms. The lowest BCUT2D eigenvalue weighted by molar-refractivity contribution is -0.138. The van der Waals surface area contributed by atoms with Gasteiger partial charge in [0.2, 0.25) is 11.8 Å². The first-order chi connectivity index (χ1) is 22.4. The van der Waals surface area contributed by atoms with Gasteiger partial charge in [0.05, 0.1) is 29.9 Å². The second-order valence-electron chi connectivity index (χ2n) is 9.17. The van der Waals surface area contributed by atoms with Gasteiger partial charge in [-0.3, -0.25) is 51.7 Å². The van der Waals surface area contributed by atoms with Gasteiger partial charge in [0.15, 0.2) is 0 Å². The normalized spacial score (nSPS) is 9.56. The number of aliphatic carboxylic acids is 3. The number of para-hydroxylation sites is 3. The molecule has 0 aliphatic carbocycles. The summed E-state index contributed by atoms with van der Waals surface area (Å²) in [4.78, 5) is 64.6. The summed E-state index contributed by atoms with van der Waals surface area (Å²) >= 11 is 0.